The lowest BCUT2D eigenvalue weighted by Gasteiger charge is -2.15. The smallest absolute Gasteiger partial charge is 0.191 e. The first-order valence-electron chi connectivity index (χ1n) is 5.11. The third-order valence-corrected chi connectivity index (χ3v) is 2.89. The summed E-state index contributed by atoms with van der Waals surface area (Å²) in [5.74, 6) is 0.833. The lowest BCUT2D eigenvalue weighted by Crippen LogP contribution is -2.41. The lowest BCUT2D eigenvalue weighted by molar-refractivity contribution is 0.624. The van der Waals surface area contributed by atoms with E-state index in [2.05, 4.69) is 34.5 Å². The van der Waals surface area contributed by atoms with Crippen LogP contribution in [0.1, 0.15) is 25.3 Å². The van der Waals surface area contributed by atoms with Crippen molar-refractivity contribution in [2.24, 2.45) is 4.99 Å². The molecule has 0 aliphatic carbocycles. The van der Waals surface area contributed by atoms with Crippen molar-refractivity contribution < 1.29 is 0 Å². The molecule has 2 N–H and O–H groups in total. The van der Waals surface area contributed by atoms with Crippen molar-refractivity contribution in [3.63, 3.8) is 0 Å². The van der Waals surface area contributed by atoms with Crippen LogP contribution in [0.15, 0.2) is 16.6 Å². The van der Waals surface area contributed by atoms with Crippen LogP contribution >= 0.6 is 35.3 Å². The van der Waals surface area contributed by atoms with Crippen LogP contribution in [0.3, 0.4) is 0 Å². The molecule has 1 heterocycles. The van der Waals surface area contributed by atoms with Crippen molar-refractivity contribution in [1.29, 1.82) is 0 Å². The number of hydrogen-bond acceptors (Lipinski definition) is 3. The van der Waals surface area contributed by atoms with Gasteiger partial charge in [-0.15, -0.1) is 35.3 Å². The molecule has 0 fully saturated rings. The Hall–Kier alpha value is -0.370. The molecule has 0 saturated carbocycles. The Balaban J connectivity index is 0.00000225. The average molecular weight is 354 g/mol. The van der Waals surface area contributed by atoms with E-state index < -0.39 is 0 Å². The van der Waals surface area contributed by atoms with Gasteiger partial charge in [0.15, 0.2) is 5.96 Å². The fourth-order valence-electron chi connectivity index (χ4n) is 1.03. The van der Waals surface area contributed by atoms with Crippen LogP contribution in [0.25, 0.3) is 0 Å². The average Bonchev–Trinajstić information content (AvgIpc) is 2.76. The number of thiazole rings is 1. The molecule has 0 aliphatic heterocycles. The van der Waals surface area contributed by atoms with Gasteiger partial charge in [0.2, 0.25) is 0 Å². The third-order valence-electron chi connectivity index (χ3n) is 2.11. The second-order valence-corrected chi connectivity index (χ2v) is 4.28. The van der Waals surface area contributed by atoms with Crippen LogP contribution in [0, 0.1) is 0 Å². The Bertz CT molecular complexity index is 300. The number of nitrogens with zero attached hydrogens (tertiary/aromatic N) is 2. The number of hydrogen-bond donors (Lipinski definition) is 2. The van der Waals surface area contributed by atoms with Crippen LogP contribution in [-0.2, 0) is 6.54 Å². The van der Waals surface area contributed by atoms with Crippen molar-refractivity contribution in [3.8, 4) is 0 Å². The monoisotopic (exact) mass is 354 g/mol. The summed E-state index contributed by atoms with van der Waals surface area (Å²) in [5.41, 5.74) is 0. The van der Waals surface area contributed by atoms with Crippen molar-refractivity contribution in [3.05, 3.63) is 16.6 Å². The second kappa shape index (κ2) is 8.74. The molecule has 0 amide bonds. The van der Waals surface area contributed by atoms with Crippen molar-refractivity contribution in [2.75, 3.05) is 7.05 Å². The van der Waals surface area contributed by atoms with Crippen molar-refractivity contribution in [1.82, 2.24) is 15.6 Å². The van der Waals surface area contributed by atoms with E-state index in [9.17, 15) is 0 Å². The second-order valence-electron chi connectivity index (χ2n) is 3.31. The Morgan fingerprint density at radius 3 is 2.88 bits per heavy atom. The molecule has 1 aromatic heterocycles. The van der Waals surface area contributed by atoms with E-state index in [4.69, 9.17) is 0 Å². The van der Waals surface area contributed by atoms with Crippen molar-refractivity contribution >= 4 is 41.3 Å². The van der Waals surface area contributed by atoms with Crippen LogP contribution in [0.5, 0.6) is 0 Å². The summed E-state index contributed by atoms with van der Waals surface area (Å²) in [6.07, 6.45) is 2.89. The first-order chi connectivity index (χ1) is 7.26. The van der Waals surface area contributed by atoms with Gasteiger partial charge in [0.1, 0.15) is 5.01 Å². The summed E-state index contributed by atoms with van der Waals surface area (Å²) in [7, 11) is 1.78. The first kappa shape index (κ1) is 15.6. The maximum atomic E-state index is 4.20. The normalized spacial score (nSPS) is 12.8. The van der Waals surface area contributed by atoms with Gasteiger partial charge < -0.3 is 10.6 Å². The molecule has 4 nitrogen and oxygen atoms in total. The van der Waals surface area contributed by atoms with Crippen LogP contribution in [-0.4, -0.2) is 24.0 Å². The fraction of sp³-hybridized carbons (Fsp3) is 0.600. The Morgan fingerprint density at radius 1 is 1.62 bits per heavy atom. The predicted molar refractivity (Wildman–Crippen MR) is 80.6 cm³/mol. The SMILES string of the molecule is CCC(C)NC(=NC)NCc1nccs1.I. The Morgan fingerprint density at radius 2 is 2.38 bits per heavy atom. The highest BCUT2D eigenvalue weighted by atomic mass is 127. The van der Waals surface area contributed by atoms with E-state index >= 15 is 0 Å². The van der Waals surface area contributed by atoms with Gasteiger partial charge in [-0.25, -0.2) is 4.98 Å². The summed E-state index contributed by atoms with van der Waals surface area (Å²) in [4.78, 5) is 8.34. The predicted octanol–water partition coefficient (Wildman–Crippen LogP) is 2.22. The van der Waals surface area contributed by atoms with Gasteiger partial charge in [0.25, 0.3) is 0 Å². The maximum absolute atomic E-state index is 4.20. The van der Waals surface area contributed by atoms with E-state index in [0.29, 0.717) is 6.04 Å². The van der Waals surface area contributed by atoms with Gasteiger partial charge in [0.05, 0.1) is 6.54 Å². The van der Waals surface area contributed by atoms with Gasteiger partial charge in [-0.2, -0.15) is 0 Å². The largest absolute Gasteiger partial charge is 0.354 e. The van der Waals surface area contributed by atoms with Gasteiger partial charge in [-0.1, -0.05) is 6.92 Å². The fourth-order valence-corrected chi connectivity index (χ4v) is 1.59. The van der Waals surface area contributed by atoms with Gasteiger partial charge in [-0.05, 0) is 13.3 Å². The minimum absolute atomic E-state index is 0. The molecule has 1 rings (SSSR count). The summed E-state index contributed by atoms with van der Waals surface area (Å²) in [6, 6.07) is 0.437. The molecule has 0 aromatic carbocycles. The zero-order chi connectivity index (χ0) is 11.1. The summed E-state index contributed by atoms with van der Waals surface area (Å²) >= 11 is 1.64. The number of aliphatic imine (C=N–C) groups is 1. The maximum Gasteiger partial charge on any atom is 0.191 e. The summed E-state index contributed by atoms with van der Waals surface area (Å²) in [5, 5.41) is 9.56. The molecule has 0 spiro atoms. The highest BCUT2D eigenvalue weighted by molar-refractivity contribution is 14.0. The molecule has 0 radical (unpaired) electrons. The molecule has 0 saturated heterocycles. The standard InChI is InChI=1S/C10H18N4S.HI/c1-4-8(2)14-10(11-3)13-7-9-12-5-6-15-9;/h5-6,8H,4,7H2,1-3H3,(H2,11,13,14);1H. The van der Waals surface area contributed by atoms with Gasteiger partial charge in [0, 0.05) is 24.7 Å². The minimum atomic E-state index is 0. The van der Waals surface area contributed by atoms with Crippen LogP contribution in [0.2, 0.25) is 0 Å². The third kappa shape index (κ3) is 5.64. The summed E-state index contributed by atoms with van der Waals surface area (Å²) in [6.45, 7) is 5.01. The van der Waals surface area contributed by atoms with E-state index in [1.165, 1.54) is 0 Å². The van der Waals surface area contributed by atoms with Gasteiger partial charge in [-0.3, -0.25) is 4.99 Å². The van der Waals surface area contributed by atoms with E-state index in [-0.39, 0.29) is 24.0 Å². The molecule has 1 atom stereocenters. The van der Waals surface area contributed by atoms with Crippen molar-refractivity contribution in [2.45, 2.75) is 32.9 Å². The molecule has 6 heteroatoms. The first-order valence-corrected chi connectivity index (χ1v) is 5.99. The number of nitrogens with one attached hydrogen (secondary N) is 2. The lowest BCUT2D eigenvalue weighted by atomic mass is 10.3. The molecule has 16 heavy (non-hydrogen) atoms. The minimum Gasteiger partial charge on any atom is -0.354 e. The van der Waals surface area contributed by atoms with E-state index in [0.717, 1.165) is 23.9 Å². The molecule has 1 unspecified atom stereocenters. The molecule has 92 valence electrons. The Kier molecular flexibility index (Phi) is 8.54. The molecule has 0 bridgehead atoms. The topological polar surface area (TPSA) is 49.3 Å². The molecular weight excluding hydrogens is 335 g/mol. The quantitative estimate of drug-likeness (QED) is 0.495. The van der Waals surface area contributed by atoms with Gasteiger partial charge >= 0.3 is 0 Å². The highest BCUT2D eigenvalue weighted by Crippen LogP contribution is 2.02. The van der Waals surface area contributed by atoms with E-state index in [1.54, 1.807) is 18.4 Å². The molecule has 0 aliphatic rings. The van der Waals surface area contributed by atoms with Crippen LogP contribution in [0.4, 0.5) is 0 Å². The van der Waals surface area contributed by atoms with Crippen LogP contribution < -0.4 is 10.6 Å². The zero-order valence-electron chi connectivity index (χ0n) is 9.86. The highest BCUT2D eigenvalue weighted by Gasteiger charge is 2.02. The number of rotatable bonds is 4. The van der Waals surface area contributed by atoms with E-state index in [1.807, 2.05) is 11.6 Å². The molecule has 1 aromatic rings. The Labute approximate surface area is 118 Å². The number of halogens is 1. The summed E-state index contributed by atoms with van der Waals surface area (Å²) < 4.78 is 0. The zero-order valence-corrected chi connectivity index (χ0v) is 13.0. The number of guanidine groups is 1. The number of aromatic nitrogens is 1. The molecular formula is C10H19IN4S.